The molecule has 3 aromatic rings. The molecule has 0 spiro atoms. The summed E-state index contributed by atoms with van der Waals surface area (Å²) in [5.41, 5.74) is 3.53. The lowest BCUT2D eigenvalue weighted by Crippen LogP contribution is -2.00. The van der Waals surface area contributed by atoms with E-state index >= 15 is 0 Å². The van der Waals surface area contributed by atoms with Crippen molar-refractivity contribution in [3.8, 4) is 5.69 Å². The molecule has 0 aliphatic rings. The number of nitrogens with one attached hydrogen (secondary N) is 1. The quantitative estimate of drug-likeness (QED) is 0.779. The number of thiophene rings is 1. The van der Waals surface area contributed by atoms with Crippen LogP contribution in [0.5, 0.6) is 0 Å². The summed E-state index contributed by atoms with van der Waals surface area (Å²) >= 11 is 1.79. The van der Waals surface area contributed by atoms with E-state index in [4.69, 9.17) is 0 Å². The van der Waals surface area contributed by atoms with Crippen molar-refractivity contribution in [3.63, 3.8) is 0 Å². The molecule has 0 amide bonds. The largest absolute Gasteiger partial charge is 0.380 e. The second kappa shape index (κ2) is 5.28. The van der Waals surface area contributed by atoms with Crippen LogP contribution in [0.1, 0.15) is 10.4 Å². The molecule has 19 heavy (non-hydrogen) atoms. The molecule has 0 fully saturated rings. The van der Waals surface area contributed by atoms with Crippen LogP contribution in [0.3, 0.4) is 0 Å². The minimum atomic E-state index is 0.867. The van der Waals surface area contributed by atoms with Crippen LogP contribution in [0, 0.1) is 6.92 Å². The number of anilines is 1. The molecule has 0 aliphatic carbocycles. The fourth-order valence-corrected chi connectivity index (χ4v) is 2.79. The molecule has 1 N–H and O–H groups in total. The van der Waals surface area contributed by atoms with Crippen molar-refractivity contribution in [3.05, 3.63) is 64.6 Å². The van der Waals surface area contributed by atoms with Crippen molar-refractivity contribution >= 4 is 17.0 Å². The highest BCUT2D eigenvalue weighted by atomic mass is 32.1. The molecule has 0 saturated carbocycles. The summed E-state index contributed by atoms with van der Waals surface area (Å²) in [6, 6.07) is 12.4. The Kier molecular flexibility index (Phi) is 3.33. The van der Waals surface area contributed by atoms with E-state index < -0.39 is 0 Å². The van der Waals surface area contributed by atoms with Gasteiger partial charge >= 0.3 is 0 Å². The first-order chi connectivity index (χ1) is 9.33. The molecule has 3 nitrogen and oxygen atoms in total. The summed E-state index contributed by atoms with van der Waals surface area (Å²) < 4.78 is 1.86. The number of hydrogen-bond donors (Lipinski definition) is 1. The predicted molar refractivity (Wildman–Crippen MR) is 79.9 cm³/mol. The summed E-state index contributed by atoms with van der Waals surface area (Å²) in [5.74, 6) is 0. The van der Waals surface area contributed by atoms with E-state index in [0.29, 0.717) is 0 Å². The molecule has 0 bridgehead atoms. The summed E-state index contributed by atoms with van der Waals surface area (Å²) in [5, 5.41) is 9.83. The molecule has 0 aliphatic heterocycles. The van der Waals surface area contributed by atoms with Gasteiger partial charge in [0.1, 0.15) is 0 Å². The van der Waals surface area contributed by atoms with Gasteiger partial charge in [0.2, 0.25) is 0 Å². The molecule has 0 unspecified atom stereocenters. The molecule has 96 valence electrons. The number of benzene rings is 1. The van der Waals surface area contributed by atoms with Crippen molar-refractivity contribution in [2.24, 2.45) is 0 Å². The third-order valence-corrected chi connectivity index (χ3v) is 4.06. The van der Waals surface area contributed by atoms with Crippen molar-refractivity contribution in [2.45, 2.75) is 13.5 Å². The van der Waals surface area contributed by atoms with Crippen molar-refractivity contribution in [2.75, 3.05) is 5.32 Å². The summed E-state index contributed by atoms with van der Waals surface area (Å²) in [7, 11) is 0. The maximum atomic E-state index is 4.24. The molecule has 2 aromatic heterocycles. The third-order valence-electron chi connectivity index (χ3n) is 3.04. The van der Waals surface area contributed by atoms with Gasteiger partial charge in [-0.3, -0.25) is 0 Å². The number of aryl methyl sites for hydroxylation is 1. The smallest absolute Gasteiger partial charge is 0.0666 e. The first kappa shape index (κ1) is 12.0. The Morgan fingerprint density at radius 2 is 2.21 bits per heavy atom. The Labute approximate surface area is 116 Å². The maximum Gasteiger partial charge on any atom is 0.0666 e. The molecule has 4 heteroatoms. The average molecular weight is 269 g/mol. The zero-order valence-electron chi connectivity index (χ0n) is 10.7. The standard InChI is InChI=1S/C15H15N3S/c1-12-6-9-19-15(12)11-16-13-4-2-5-14(10-13)18-8-3-7-17-18/h2-10,16H,11H2,1H3. The fraction of sp³-hybridized carbons (Fsp3) is 0.133. The highest BCUT2D eigenvalue weighted by molar-refractivity contribution is 7.10. The summed E-state index contributed by atoms with van der Waals surface area (Å²) in [4.78, 5) is 1.38. The van der Waals surface area contributed by atoms with Gasteiger partial charge in [-0.2, -0.15) is 5.10 Å². The van der Waals surface area contributed by atoms with Crippen molar-refractivity contribution < 1.29 is 0 Å². The minimum Gasteiger partial charge on any atom is -0.380 e. The molecule has 2 heterocycles. The Balaban J connectivity index is 1.75. The SMILES string of the molecule is Cc1ccsc1CNc1cccc(-n2cccn2)c1. The van der Waals surface area contributed by atoms with Gasteiger partial charge in [-0.1, -0.05) is 6.07 Å². The first-order valence-electron chi connectivity index (χ1n) is 6.20. The van der Waals surface area contributed by atoms with E-state index in [-0.39, 0.29) is 0 Å². The monoisotopic (exact) mass is 269 g/mol. The van der Waals surface area contributed by atoms with E-state index in [1.165, 1.54) is 10.4 Å². The molecular weight excluding hydrogens is 254 g/mol. The molecule has 0 saturated heterocycles. The van der Waals surface area contributed by atoms with Crippen LogP contribution in [0.2, 0.25) is 0 Å². The summed E-state index contributed by atoms with van der Waals surface area (Å²) in [6.07, 6.45) is 3.73. The molecule has 0 radical (unpaired) electrons. The number of aromatic nitrogens is 2. The number of hydrogen-bond acceptors (Lipinski definition) is 3. The Morgan fingerprint density at radius 1 is 1.26 bits per heavy atom. The van der Waals surface area contributed by atoms with Gasteiger partial charge < -0.3 is 5.32 Å². The van der Waals surface area contributed by atoms with Crippen LogP contribution in [0.15, 0.2) is 54.2 Å². The van der Waals surface area contributed by atoms with Crippen LogP contribution in [-0.2, 0) is 6.54 Å². The van der Waals surface area contributed by atoms with Crippen LogP contribution < -0.4 is 5.32 Å². The molecule has 1 aromatic carbocycles. The van der Waals surface area contributed by atoms with E-state index in [2.05, 4.69) is 47.0 Å². The Bertz CT molecular complexity index is 656. The van der Waals surface area contributed by atoms with Gasteiger partial charge in [-0.25, -0.2) is 4.68 Å². The van der Waals surface area contributed by atoms with Crippen LogP contribution in [0.4, 0.5) is 5.69 Å². The maximum absolute atomic E-state index is 4.24. The van der Waals surface area contributed by atoms with Crippen LogP contribution in [0.25, 0.3) is 5.69 Å². The lowest BCUT2D eigenvalue weighted by molar-refractivity contribution is 0.880. The van der Waals surface area contributed by atoms with Crippen LogP contribution >= 0.6 is 11.3 Å². The van der Waals surface area contributed by atoms with Gasteiger partial charge in [0, 0.05) is 29.5 Å². The summed E-state index contributed by atoms with van der Waals surface area (Å²) in [6.45, 7) is 3.01. The molecule has 3 rings (SSSR count). The third kappa shape index (κ3) is 2.69. The minimum absolute atomic E-state index is 0.867. The molecule has 0 atom stereocenters. The van der Waals surface area contributed by atoms with Crippen molar-refractivity contribution in [1.29, 1.82) is 0 Å². The fourth-order valence-electron chi connectivity index (χ4n) is 1.95. The normalized spacial score (nSPS) is 10.6. The van der Waals surface area contributed by atoms with E-state index in [1.807, 2.05) is 23.0 Å². The van der Waals surface area contributed by atoms with Crippen molar-refractivity contribution in [1.82, 2.24) is 9.78 Å². The van der Waals surface area contributed by atoms with Gasteiger partial charge in [0.25, 0.3) is 0 Å². The number of rotatable bonds is 4. The predicted octanol–water partition coefficient (Wildman–Crippen LogP) is 3.85. The Morgan fingerprint density at radius 3 is 2.95 bits per heavy atom. The van der Waals surface area contributed by atoms with Gasteiger partial charge in [0.15, 0.2) is 0 Å². The zero-order chi connectivity index (χ0) is 13.1. The number of nitrogens with zero attached hydrogens (tertiary/aromatic N) is 2. The second-order valence-electron chi connectivity index (χ2n) is 4.38. The Hall–Kier alpha value is -2.07. The van der Waals surface area contributed by atoms with Gasteiger partial charge in [-0.15, -0.1) is 11.3 Å². The van der Waals surface area contributed by atoms with Gasteiger partial charge in [-0.05, 0) is 48.2 Å². The lowest BCUT2D eigenvalue weighted by atomic mass is 10.2. The van der Waals surface area contributed by atoms with Gasteiger partial charge in [0.05, 0.1) is 5.69 Å². The molecular formula is C15H15N3S. The van der Waals surface area contributed by atoms with E-state index in [9.17, 15) is 0 Å². The first-order valence-corrected chi connectivity index (χ1v) is 7.08. The van der Waals surface area contributed by atoms with E-state index in [1.54, 1.807) is 17.5 Å². The lowest BCUT2D eigenvalue weighted by Gasteiger charge is -2.08. The average Bonchev–Trinajstić information content (AvgIpc) is 3.08. The highest BCUT2D eigenvalue weighted by Crippen LogP contribution is 2.19. The highest BCUT2D eigenvalue weighted by Gasteiger charge is 2.01. The zero-order valence-corrected chi connectivity index (χ0v) is 11.5. The second-order valence-corrected chi connectivity index (χ2v) is 5.38. The van der Waals surface area contributed by atoms with E-state index in [0.717, 1.165) is 17.9 Å². The van der Waals surface area contributed by atoms with Crippen LogP contribution in [-0.4, -0.2) is 9.78 Å². The topological polar surface area (TPSA) is 29.9 Å².